The van der Waals surface area contributed by atoms with E-state index in [-0.39, 0.29) is 30.4 Å². The molecule has 2 aliphatic rings. The van der Waals surface area contributed by atoms with Crippen LogP contribution in [0.1, 0.15) is 36.5 Å². The van der Waals surface area contributed by atoms with Crippen LogP contribution in [0, 0.1) is 0 Å². The second-order valence-corrected chi connectivity index (χ2v) is 10.1. The molecule has 196 valence electrons. The van der Waals surface area contributed by atoms with E-state index in [2.05, 4.69) is 36.4 Å². The highest BCUT2D eigenvalue weighted by Crippen LogP contribution is 2.40. The Morgan fingerprint density at radius 1 is 0.784 bits per heavy atom. The Morgan fingerprint density at radius 3 is 1.84 bits per heavy atom. The summed E-state index contributed by atoms with van der Waals surface area (Å²) in [6.07, 6.45) is 0.479. The number of rotatable bonds is 12. The van der Waals surface area contributed by atoms with Crippen LogP contribution in [-0.4, -0.2) is 53.3 Å². The molecule has 2 fully saturated rings. The monoisotopic (exact) mass is 503 g/mol. The molecular weight excluding hydrogens is 466 g/mol. The molecule has 0 amide bonds. The van der Waals surface area contributed by atoms with Gasteiger partial charge in [0.15, 0.2) is 0 Å². The normalized spacial score (nSPS) is 26.3. The molecule has 0 spiro atoms. The Hall–Kier alpha value is -2.58. The van der Waals surface area contributed by atoms with Crippen LogP contribution in [0.2, 0.25) is 0 Å². The Morgan fingerprint density at radius 2 is 1.30 bits per heavy atom. The third-order valence-electron chi connectivity index (χ3n) is 7.09. The lowest BCUT2D eigenvalue weighted by molar-refractivity contribution is -0.200. The van der Waals surface area contributed by atoms with Gasteiger partial charge in [-0.2, -0.15) is 5.06 Å². The third kappa shape index (κ3) is 6.85. The molecule has 0 saturated carbocycles. The predicted octanol–water partition coefficient (Wildman–Crippen LogP) is 4.90. The average Bonchev–Trinajstić information content (AvgIpc) is 3.44. The first kappa shape index (κ1) is 26.0. The number of fused-ring (bicyclic) bond motifs is 1. The molecular formula is C31H37NO5. The van der Waals surface area contributed by atoms with Gasteiger partial charge in [-0.15, -0.1) is 0 Å². The van der Waals surface area contributed by atoms with Crippen molar-refractivity contribution in [2.45, 2.75) is 76.1 Å². The molecule has 6 heteroatoms. The fourth-order valence-electron chi connectivity index (χ4n) is 5.36. The minimum absolute atomic E-state index is 0.0264. The van der Waals surface area contributed by atoms with E-state index in [1.54, 1.807) is 0 Å². The number of aliphatic hydroxyl groups excluding tert-OH is 1. The smallest absolute Gasteiger partial charge is 0.106 e. The predicted molar refractivity (Wildman–Crippen MR) is 141 cm³/mol. The molecule has 0 aromatic heterocycles. The summed E-state index contributed by atoms with van der Waals surface area (Å²) in [7, 11) is 0. The van der Waals surface area contributed by atoms with E-state index in [4.69, 9.17) is 19.0 Å². The van der Waals surface area contributed by atoms with Crippen molar-refractivity contribution in [3.63, 3.8) is 0 Å². The Balaban J connectivity index is 1.34. The number of nitrogens with zero attached hydrogens (tertiary/aromatic N) is 1. The summed E-state index contributed by atoms with van der Waals surface area (Å²) in [5.74, 6) is 0. The summed E-state index contributed by atoms with van der Waals surface area (Å²) in [4.78, 5) is 6.41. The van der Waals surface area contributed by atoms with Crippen molar-refractivity contribution >= 4 is 0 Å². The molecule has 6 atom stereocenters. The van der Waals surface area contributed by atoms with E-state index in [1.165, 1.54) is 0 Å². The minimum atomic E-state index is -0.424. The molecule has 2 aliphatic heterocycles. The van der Waals surface area contributed by atoms with Gasteiger partial charge in [0.25, 0.3) is 0 Å². The number of benzene rings is 3. The Kier molecular flexibility index (Phi) is 9.00. The highest BCUT2D eigenvalue weighted by molar-refractivity contribution is 5.16. The molecule has 0 bridgehead atoms. The van der Waals surface area contributed by atoms with Crippen molar-refractivity contribution in [2.24, 2.45) is 0 Å². The van der Waals surface area contributed by atoms with Crippen LogP contribution in [0.4, 0.5) is 0 Å². The van der Waals surface area contributed by atoms with Gasteiger partial charge < -0.3 is 19.3 Å². The van der Waals surface area contributed by atoms with Crippen molar-refractivity contribution in [2.75, 3.05) is 6.61 Å². The lowest BCUT2D eigenvalue weighted by Crippen LogP contribution is -2.42. The van der Waals surface area contributed by atoms with E-state index in [1.807, 2.05) is 66.6 Å². The highest BCUT2D eigenvalue weighted by Gasteiger charge is 2.56. The van der Waals surface area contributed by atoms with Crippen molar-refractivity contribution in [3.05, 3.63) is 108 Å². The van der Waals surface area contributed by atoms with Crippen LogP contribution in [0.25, 0.3) is 0 Å². The molecule has 2 saturated heterocycles. The zero-order valence-corrected chi connectivity index (χ0v) is 21.4. The summed E-state index contributed by atoms with van der Waals surface area (Å²) in [5, 5.41) is 12.1. The van der Waals surface area contributed by atoms with E-state index in [0.717, 1.165) is 23.1 Å². The molecule has 5 rings (SSSR count). The minimum Gasteiger partial charge on any atom is -0.393 e. The third-order valence-corrected chi connectivity index (χ3v) is 7.09. The zero-order chi connectivity index (χ0) is 25.5. The van der Waals surface area contributed by atoms with Gasteiger partial charge in [0.1, 0.15) is 12.2 Å². The number of hydroxylamine groups is 2. The maximum Gasteiger partial charge on any atom is 0.106 e. The maximum absolute atomic E-state index is 10.0. The lowest BCUT2D eigenvalue weighted by atomic mass is 10.00. The van der Waals surface area contributed by atoms with Crippen LogP contribution in [-0.2, 0) is 38.9 Å². The maximum atomic E-state index is 10.0. The second-order valence-electron chi connectivity index (χ2n) is 10.1. The number of ether oxygens (including phenoxy) is 3. The van der Waals surface area contributed by atoms with E-state index in [0.29, 0.717) is 32.8 Å². The number of aliphatic hydroxyl groups is 1. The van der Waals surface area contributed by atoms with Crippen LogP contribution < -0.4 is 0 Å². The molecule has 1 N–H and O–H groups in total. The van der Waals surface area contributed by atoms with E-state index in [9.17, 15) is 5.11 Å². The first-order valence-electron chi connectivity index (χ1n) is 13.2. The van der Waals surface area contributed by atoms with Gasteiger partial charge in [-0.3, -0.25) is 4.84 Å². The standard InChI is InChI=1S/C31H37NO5/c1-23(33)17-27-18-28-30(35-20-25-13-7-3-8-14-25)31(36-21-26-15-9-4-10-16-26)29(32(28)37-27)22-34-19-24-11-5-2-6-12-24/h2-16,23,27-31,33H,17-22H2,1H3/t23-,27-,28+,29+,30+,31+/m0/s1. The van der Waals surface area contributed by atoms with E-state index < -0.39 is 6.10 Å². The lowest BCUT2D eigenvalue weighted by Gasteiger charge is -2.29. The zero-order valence-electron chi connectivity index (χ0n) is 21.4. The van der Waals surface area contributed by atoms with Crippen molar-refractivity contribution in [1.29, 1.82) is 0 Å². The first-order valence-corrected chi connectivity index (χ1v) is 13.2. The summed E-state index contributed by atoms with van der Waals surface area (Å²) in [6, 6.07) is 30.5. The van der Waals surface area contributed by atoms with Gasteiger partial charge in [0.05, 0.1) is 50.7 Å². The molecule has 3 aromatic carbocycles. The van der Waals surface area contributed by atoms with Crippen LogP contribution >= 0.6 is 0 Å². The highest BCUT2D eigenvalue weighted by atomic mass is 16.7. The molecule has 0 unspecified atom stereocenters. The van der Waals surface area contributed by atoms with Gasteiger partial charge in [0, 0.05) is 6.42 Å². The van der Waals surface area contributed by atoms with Crippen molar-refractivity contribution in [3.8, 4) is 0 Å². The van der Waals surface area contributed by atoms with Gasteiger partial charge in [0.2, 0.25) is 0 Å². The summed E-state index contributed by atoms with van der Waals surface area (Å²) in [5.41, 5.74) is 3.37. The number of hydrogen-bond acceptors (Lipinski definition) is 6. The molecule has 0 aliphatic carbocycles. The fraction of sp³-hybridized carbons (Fsp3) is 0.419. The summed E-state index contributed by atoms with van der Waals surface area (Å²) < 4.78 is 19.4. The van der Waals surface area contributed by atoms with Gasteiger partial charge in [-0.1, -0.05) is 91.0 Å². The molecule has 0 radical (unpaired) electrons. The SMILES string of the molecule is C[C@H](O)C[C@H]1C[C@@H]2[C@@H](OCc3ccccc3)[C@H](OCc3ccccc3)[C@@H](COCc3ccccc3)N2O1. The van der Waals surface area contributed by atoms with Crippen LogP contribution in [0.3, 0.4) is 0 Å². The molecule has 37 heavy (non-hydrogen) atoms. The summed E-state index contributed by atoms with van der Waals surface area (Å²) >= 11 is 0. The van der Waals surface area contributed by atoms with Crippen LogP contribution in [0.5, 0.6) is 0 Å². The average molecular weight is 504 g/mol. The molecule has 2 heterocycles. The fourth-order valence-corrected chi connectivity index (χ4v) is 5.36. The van der Waals surface area contributed by atoms with Gasteiger partial charge in [-0.25, -0.2) is 0 Å². The first-order chi connectivity index (χ1) is 18.2. The van der Waals surface area contributed by atoms with E-state index >= 15 is 0 Å². The topological polar surface area (TPSA) is 60.4 Å². The second kappa shape index (κ2) is 12.8. The Labute approximate surface area is 219 Å². The molecule has 6 nitrogen and oxygen atoms in total. The quantitative estimate of drug-likeness (QED) is 0.379. The van der Waals surface area contributed by atoms with Crippen LogP contribution in [0.15, 0.2) is 91.0 Å². The largest absolute Gasteiger partial charge is 0.393 e. The molecule has 3 aromatic rings. The van der Waals surface area contributed by atoms with Gasteiger partial charge >= 0.3 is 0 Å². The van der Waals surface area contributed by atoms with Gasteiger partial charge in [-0.05, 0) is 30.0 Å². The Bertz CT molecular complexity index is 1060. The van der Waals surface area contributed by atoms with Crippen molar-refractivity contribution < 1.29 is 24.2 Å². The van der Waals surface area contributed by atoms with Crippen molar-refractivity contribution in [1.82, 2.24) is 5.06 Å². The summed E-state index contributed by atoms with van der Waals surface area (Å²) in [6.45, 7) is 3.77. The number of hydrogen-bond donors (Lipinski definition) is 1.